The molecule has 3 heterocycles. The van der Waals surface area contributed by atoms with Gasteiger partial charge in [0, 0.05) is 18.6 Å². The molecule has 1 aliphatic heterocycles. The average molecular weight is 239 g/mol. The van der Waals surface area contributed by atoms with Gasteiger partial charge in [-0.1, -0.05) is 12.2 Å². The first-order valence-corrected chi connectivity index (χ1v) is 5.84. The van der Waals surface area contributed by atoms with E-state index in [4.69, 9.17) is 4.84 Å². The molecule has 0 spiro atoms. The van der Waals surface area contributed by atoms with Gasteiger partial charge >= 0.3 is 0 Å². The molecular weight excluding hydrogens is 226 g/mol. The van der Waals surface area contributed by atoms with E-state index in [1.54, 1.807) is 24.8 Å². The van der Waals surface area contributed by atoms with Crippen molar-refractivity contribution >= 4 is 5.69 Å². The summed E-state index contributed by atoms with van der Waals surface area (Å²) in [5, 5.41) is 1.85. The zero-order chi connectivity index (χ0) is 12.2. The molecule has 0 saturated heterocycles. The normalized spacial score (nSPS) is 18.9. The monoisotopic (exact) mass is 239 g/mol. The van der Waals surface area contributed by atoms with Crippen molar-refractivity contribution in [3.63, 3.8) is 0 Å². The molecule has 0 bridgehead atoms. The maximum absolute atomic E-state index is 5.94. The Hall–Kier alpha value is -2.20. The van der Waals surface area contributed by atoms with Gasteiger partial charge < -0.3 is 0 Å². The first-order chi connectivity index (χ1) is 8.93. The number of anilines is 1. The fourth-order valence-corrected chi connectivity index (χ4v) is 1.89. The smallest absolute Gasteiger partial charge is 0.129 e. The minimum atomic E-state index is -0.0676. The fourth-order valence-electron chi connectivity index (χ4n) is 1.89. The van der Waals surface area contributed by atoms with Crippen LogP contribution in [0.5, 0.6) is 0 Å². The summed E-state index contributed by atoms with van der Waals surface area (Å²) in [5.41, 5.74) is 2.05. The summed E-state index contributed by atoms with van der Waals surface area (Å²) in [6, 6.07) is 7.80. The van der Waals surface area contributed by atoms with E-state index >= 15 is 0 Å². The Bertz CT molecular complexity index is 527. The maximum Gasteiger partial charge on any atom is 0.129 e. The van der Waals surface area contributed by atoms with E-state index in [2.05, 4.69) is 22.1 Å². The number of nitrogens with zero attached hydrogens (tertiary/aromatic N) is 3. The van der Waals surface area contributed by atoms with Crippen LogP contribution in [0.25, 0.3) is 0 Å². The van der Waals surface area contributed by atoms with Gasteiger partial charge in [0.25, 0.3) is 0 Å². The van der Waals surface area contributed by atoms with E-state index in [1.165, 1.54) is 0 Å². The van der Waals surface area contributed by atoms with E-state index in [1.807, 2.05) is 29.3 Å². The lowest BCUT2D eigenvalue weighted by Crippen LogP contribution is -2.29. The molecule has 4 nitrogen and oxygen atoms in total. The Labute approximate surface area is 106 Å². The largest absolute Gasteiger partial charge is 0.265 e. The molecule has 1 atom stereocenters. The zero-order valence-electron chi connectivity index (χ0n) is 9.81. The number of hydrogen-bond donors (Lipinski definition) is 0. The Kier molecular flexibility index (Phi) is 3.02. The van der Waals surface area contributed by atoms with Crippen LogP contribution >= 0.6 is 0 Å². The van der Waals surface area contributed by atoms with Gasteiger partial charge in [-0.05, 0) is 29.8 Å². The number of hydrogen-bond acceptors (Lipinski definition) is 4. The summed E-state index contributed by atoms with van der Waals surface area (Å²) < 4.78 is 0. The van der Waals surface area contributed by atoms with Gasteiger partial charge in [0.05, 0.1) is 18.4 Å². The molecule has 1 unspecified atom stereocenters. The average Bonchev–Trinajstić information content (AvgIpc) is 2.49. The minimum Gasteiger partial charge on any atom is -0.265 e. The van der Waals surface area contributed by atoms with Crippen LogP contribution in [-0.4, -0.2) is 16.5 Å². The van der Waals surface area contributed by atoms with Crippen LogP contribution in [0, 0.1) is 0 Å². The minimum absolute atomic E-state index is 0.0676. The standard InChI is InChI=1S/C14H13N3O/c1-3-13(11-16-7-1)17-10-2-4-14(18-17)12-5-8-15-9-6-12/h1-9,11,14H,10H2. The SMILES string of the molecule is C1=CC(c2ccncc2)ON(c2cccnc2)C1. The van der Waals surface area contributed by atoms with Crippen LogP contribution in [0.3, 0.4) is 0 Å². The number of hydroxylamine groups is 1. The van der Waals surface area contributed by atoms with Crippen molar-refractivity contribution in [1.29, 1.82) is 0 Å². The highest BCUT2D eigenvalue weighted by atomic mass is 16.7. The van der Waals surface area contributed by atoms with Crippen LogP contribution in [-0.2, 0) is 4.84 Å². The second-order valence-corrected chi connectivity index (χ2v) is 4.01. The van der Waals surface area contributed by atoms with Crippen molar-refractivity contribution in [1.82, 2.24) is 9.97 Å². The van der Waals surface area contributed by atoms with Gasteiger partial charge in [0.1, 0.15) is 6.10 Å². The first-order valence-electron chi connectivity index (χ1n) is 5.84. The lowest BCUT2D eigenvalue weighted by atomic mass is 10.1. The second-order valence-electron chi connectivity index (χ2n) is 4.01. The quantitative estimate of drug-likeness (QED) is 0.755. The molecule has 18 heavy (non-hydrogen) atoms. The highest BCUT2D eigenvalue weighted by Gasteiger charge is 2.18. The Morgan fingerprint density at radius 1 is 1.11 bits per heavy atom. The summed E-state index contributed by atoms with van der Waals surface area (Å²) in [6.07, 6.45) is 11.2. The Morgan fingerprint density at radius 2 is 2.00 bits per heavy atom. The molecule has 0 aliphatic carbocycles. The molecular formula is C14H13N3O. The second kappa shape index (κ2) is 4.98. The third kappa shape index (κ3) is 2.24. The van der Waals surface area contributed by atoms with E-state index in [0.29, 0.717) is 0 Å². The molecule has 2 aromatic rings. The van der Waals surface area contributed by atoms with Crippen LogP contribution in [0.4, 0.5) is 5.69 Å². The van der Waals surface area contributed by atoms with Crippen molar-refractivity contribution in [3.8, 4) is 0 Å². The van der Waals surface area contributed by atoms with Gasteiger partial charge in [-0.2, -0.15) is 0 Å². The van der Waals surface area contributed by atoms with Crippen molar-refractivity contribution < 1.29 is 4.84 Å². The van der Waals surface area contributed by atoms with Crippen LogP contribution in [0.1, 0.15) is 11.7 Å². The van der Waals surface area contributed by atoms with Crippen molar-refractivity contribution in [3.05, 3.63) is 66.8 Å². The molecule has 0 amide bonds. The third-order valence-corrected chi connectivity index (χ3v) is 2.79. The van der Waals surface area contributed by atoms with E-state index < -0.39 is 0 Å². The van der Waals surface area contributed by atoms with Crippen molar-refractivity contribution in [2.24, 2.45) is 0 Å². The van der Waals surface area contributed by atoms with Crippen LogP contribution in [0.15, 0.2) is 61.2 Å². The summed E-state index contributed by atoms with van der Waals surface area (Å²) in [4.78, 5) is 14.1. The van der Waals surface area contributed by atoms with Gasteiger partial charge in [-0.25, -0.2) is 5.06 Å². The molecule has 3 rings (SSSR count). The van der Waals surface area contributed by atoms with E-state index in [0.717, 1.165) is 17.8 Å². The van der Waals surface area contributed by atoms with E-state index in [-0.39, 0.29) is 6.10 Å². The predicted molar refractivity (Wildman–Crippen MR) is 68.8 cm³/mol. The van der Waals surface area contributed by atoms with Crippen LogP contribution < -0.4 is 5.06 Å². The van der Waals surface area contributed by atoms with Crippen molar-refractivity contribution in [2.75, 3.05) is 11.6 Å². The predicted octanol–water partition coefficient (Wildman–Crippen LogP) is 2.53. The molecule has 4 heteroatoms. The molecule has 0 radical (unpaired) electrons. The van der Waals surface area contributed by atoms with Gasteiger partial charge in [-0.3, -0.25) is 14.8 Å². The summed E-state index contributed by atoms with van der Waals surface area (Å²) in [7, 11) is 0. The number of aromatic nitrogens is 2. The molecule has 0 aromatic carbocycles. The van der Waals surface area contributed by atoms with Gasteiger partial charge in [0.15, 0.2) is 0 Å². The van der Waals surface area contributed by atoms with E-state index in [9.17, 15) is 0 Å². The third-order valence-electron chi connectivity index (χ3n) is 2.79. The molecule has 0 saturated carbocycles. The van der Waals surface area contributed by atoms with Gasteiger partial charge in [-0.15, -0.1) is 0 Å². The first kappa shape index (κ1) is 10.9. The Morgan fingerprint density at radius 3 is 2.78 bits per heavy atom. The summed E-state index contributed by atoms with van der Waals surface area (Å²) >= 11 is 0. The lowest BCUT2D eigenvalue weighted by Gasteiger charge is -2.29. The summed E-state index contributed by atoms with van der Waals surface area (Å²) in [6.45, 7) is 0.729. The topological polar surface area (TPSA) is 38.2 Å². The van der Waals surface area contributed by atoms with Gasteiger partial charge in [0.2, 0.25) is 0 Å². The fraction of sp³-hybridized carbons (Fsp3) is 0.143. The molecule has 2 aromatic heterocycles. The molecule has 0 N–H and O–H groups in total. The molecule has 0 fully saturated rings. The molecule has 1 aliphatic rings. The maximum atomic E-state index is 5.94. The molecule has 90 valence electrons. The lowest BCUT2D eigenvalue weighted by molar-refractivity contribution is 0.0583. The Balaban J connectivity index is 1.81. The highest BCUT2D eigenvalue weighted by Crippen LogP contribution is 2.26. The highest BCUT2D eigenvalue weighted by molar-refractivity contribution is 5.42. The van der Waals surface area contributed by atoms with Crippen LogP contribution in [0.2, 0.25) is 0 Å². The van der Waals surface area contributed by atoms with Crippen molar-refractivity contribution in [2.45, 2.75) is 6.10 Å². The number of rotatable bonds is 2. The summed E-state index contributed by atoms with van der Waals surface area (Å²) in [5.74, 6) is 0. The zero-order valence-corrected chi connectivity index (χ0v) is 9.81. The number of pyridine rings is 2.